The van der Waals surface area contributed by atoms with Crippen molar-refractivity contribution in [3.63, 3.8) is 0 Å². The average Bonchev–Trinajstić information content (AvgIpc) is 2.93. The van der Waals surface area contributed by atoms with Crippen LogP contribution < -0.4 is 17.0 Å². The molecule has 7 heteroatoms. The molecule has 20 heavy (non-hydrogen) atoms. The molecule has 2 aromatic heterocycles. The maximum absolute atomic E-state index is 12.6. The number of aromatic nitrogens is 2. The van der Waals surface area contributed by atoms with Crippen LogP contribution in [0.3, 0.4) is 0 Å². The van der Waals surface area contributed by atoms with Gasteiger partial charge in [0.05, 0.1) is 10.4 Å². The molecule has 1 aliphatic carbocycles. The van der Waals surface area contributed by atoms with Gasteiger partial charge in [0.25, 0.3) is 5.56 Å². The largest absolute Gasteiger partial charge is 0.393 e. The maximum Gasteiger partial charge on any atom is 0.329 e. The van der Waals surface area contributed by atoms with E-state index in [1.807, 2.05) is 6.92 Å². The van der Waals surface area contributed by atoms with E-state index in [0.717, 1.165) is 24.8 Å². The second-order valence-electron chi connectivity index (χ2n) is 5.21. The number of hydrogen-bond acceptors (Lipinski definition) is 4. The number of nitrogens with one attached hydrogen (secondary N) is 1. The molecule has 0 aliphatic heterocycles. The Balaban J connectivity index is 2.21. The smallest absolute Gasteiger partial charge is 0.329 e. The molecule has 1 aliphatic rings. The SMILES string of the molecule is CC(Cn1c(=O)[nH]c2sc3c(c2c1=O)CCC3)C(N)=S. The van der Waals surface area contributed by atoms with Crippen LogP contribution in [0.5, 0.6) is 0 Å². The number of thiocarbonyl (C=S) groups is 1. The van der Waals surface area contributed by atoms with Gasteiger partial charge in [0.1, 0.15) is 4.83 Å². The number of rotatable bonds is 3. The van der Waals surface area contributed by atoms with E-state index in [-0.39, 0.29) is 23.7 Å². The summed E-state index contributed by atoms with van der Waals surface area (Å²) < 4.78 is 1.22. The van der Waals surface area contributed by atoms with Crippen LogP contribution in [0.1, 0.15) is 23.8 Å². The molecule has 0 aromatic carbocycles. The fourth-order valence-corrected chi connectivity index (χ4v) is 3.99. The molecule has 2 aromatic rings. The second kappa shape index (κ2) is 4.82. The topological polar surface area (TPSA) is 80.9 Å². The van der Waals surface area contributed by atoms with Gasteiger partial charge in [-0.15, -0.1) is 11.3 Å². The zero-order valence-electron chi connectivity index (χ0n) is 11.1. The fraction of sp³-hybridized carbons (Fsp3) is 0.462. The fourth-order valence-electron chi connectivity index (χ4n) is 2.64. The van der Waals surface area contributed by atoms with Crippen LogP contribution in [0.4, 0.5) is 0 Å². The lowest BCUT2D eigenvalue weighted by atomic mass is 10.1. The molecule has 5 nitrogen and oxygen atoms in total. The molecule has 0 spiro atoms. The van der Waals surface area contributed by atoms with Crippen LogP contribution in [0.25, 0.3) is 10.2 Å². The Morgan fingerprint density at radius 2 is 2.25 bits per heavy atom. The summed E-state index contributed by atoms with van der Waals surface area (Å²) in [5.41, 5.74) is 6.09. The summed E-state index contributed by atoms with van der Waals surface area (Å²) >= 11 is 6.44. The first-order valence-electron chi connectivity index (χ1n) is 6.55. The Morgan fingerprint density at radius 3 is 2.95 bits per heavy atom. The van der Waals surface area contributed by atoms with Crippen molar-refractivity contribution in [3.05, 3.63) is 31.3 Å². The van der Waals surface area contributed by atoms with Gasteiger partial charge < -0.3 is 5.73 Å². The Morgan fingerprint density at radius 1 is 1.50 bits per heavy atom. The quantitative estimate of drug-likeness (QED) is 0.834. The molecule has 3 rings (SSSR count). The third-order valence-electron chi connectivity index (χ3n) is 3.79. The number of hydrogen-bond donors (Lipinski definition) is 2. The van der Waals surface area contributed by atoms with Gasteiger partial charge in [0, 0.05) is 17.3 Å². The molecule has 0 radical (unpaired) electrons. The van der Waals surface area contributed by atoms with E-state index in [0.29, 0.717) is 15.2 Å². The van der Waals surface area contributed by atoms with Crippen molar-refractivity contribution in [2.75, 3.05) is 0 Å². The minimum atomic E-state index is -0.384. The van der Waals surface area contributed by atoms with E-state index in [4.69, 9.17) is 18.0 Å². The number of thiophene rings is 1. The van der Waals surface area contributed by atoms with Gasteiger partial charge in [-0.1, -0.05) is 19.1 Å². The van der Waals surface area contributed by atoms with Gasteiger partial charge >= 0.3 is 5.69 Å². The monoisotopic (exact) mass is 309 g/mol. The molecule has 0 fully saturated rings. The van der Waals surface area contributed by atoms with Crippen molar-refractivity contribution < 1.29 is 0 Å². The summed E-state index contributed by atoms with van der Waals surface area (Å²) in [6.07, 6.45) is 3.00. The number of nitrogens with two attached hydrogens (primary N) is 1. The van der Waals surface area contributed by atoms with Crippen LogP contribution in [0, 0.1) is 5.92 Å². The molecule has 2 heterocycles. The van der Waals surface area contributed by atoms with Crippen LogP contribution in [-0.2, 0) is 19.4 Å². The first kappa shape index (κ1) is 13.5. The van der Waals surface area contributed by atoms with Crippen LogP contribution in [-0.4, -0.2) is 14.5 Å². The van der Waals surface area contributed by atoms with Crippen LogP contribution in [0.15, 0.2) is 9.59 Å². The molecule has 0 saturated heterocycles. The van der Waals surface area contributed by atoms with Gasteiger partial charge in [0.15, 0.2) is 0 Å². The average molecular weight is 309 g/mol. The highest BCUT2D eigenvalue weighted by Gasteiger charge is 2.22. The first-order chi connectivity index (χ1) is 9.49. The standard InChI is InChI=1S/C13H15N3O2S2/c1-6(10(14)19)5-16-12(17)9-7-3-2-4-8(7)20-11(9)15-13(16)18/h6H,2-5H2,1H3,(H2,14,19)(H,15,18). The molecule has 0 saturated carbocycles. The lowest BCUT2D eigenvalue weighted by molar-refractivity contribution is 0.560. The van der Waals surface area contributed by atoms with E-state index in [2.05, 4.69) is 4.98 Å². The minimum absolute atomic E-state index is 0.187. The maximum atomic E-state index is 12.6. The van der Waals surface area contributed by atoms with Gasteiger partial charge in [-0.05, 0) is 24.8 Å². The summed E-state index contributed by atoms with van der Waals surface area (Å²) in [5, 5.41) is 0.678. The number of fused-ring (bicyclic) bond motifs is 3. The summed E-state index contributed by atoms with van der Waals surface area (Å²) in [5.74, 6) is -0.187. The predicted molar refractivity (Wildman–Crippen MR) is 84.7 cm³/mol. The molecular weight excluding hydrogens is 294 g/mol. The second-order valence-corrected chi connectivity index (χ2v) is 6.79. The molecule has 0 amide bonds. The van der Waals surface area contributed by atoms with E-state index in [1.165, 1.54) is 20.8 Å². The summed E-state index contributed by atoms with van der Waals surface area (Å²) in [6, 6.07) is 0. The summed E-state index contributed by atoms with van der Waals surface area (Å²) in [4.78, 5) is 29.7. The van der Waals surface area contributed by atoms with Crippen molar-refractivity contribution >= 4 is 38.8 Å². The van der Waals surface area contributed by atoms with Gasteiger partial charge in [-0.25, -0.2) is 4.79 Å². The Hall–Kier alpha value is -1.47. The Bertz CT molecular complexity index is 815. The van der Waals surface area contributed by atoms with Gasteiger partial charge in [-0.3, -0.25) is 14.3 Å². The Labute approximate surface area is 124 Å². The molecular formula is C13H15N3O2S2. The number of aryl methyl sites for hydroxylation is 2. The van der Waals surface area contributed by atoms with Crippen LogP contribution in [0.2, 0.25) is 0 Å². The van der Waals surface area contributed by atoms with E-state index < -0.39 is 0 Å². The van der Waals surface area contributed by atoms with Crippen LogP contribution >= 0.6 is 23.6 Å². The normalized spacial score (nSPS) is 15.4. The van der Waals surface area contributed by atoms with Crippen molar-refractivity contribution in [2.45, 2.75) is 32.7 Å². The van der Waals surface area contributed by atoms with Crippen molar-refractivity contribution in [1.29, 1.82) is 0 Å². The third kappa shape index (κ3) is 2.01. The number of nitrogens with zero attached hydrogens (tertiary/aromatic N) is 1. The highest BCUT2D eigenvalue weighted by atomic mass is 32.1. The first-order valence-corrected chi connectivity index (χ1v) is 7.78. The molecule has 3 N–H and O–H groups in total. The lowest BCUT2D eigenvalue weighted by Gasteiger charge is -2.11. The minimum Gasteiger partial charge on any atom is -0.393 e. The van der Waals surface area contributed by atoms with E-state index in [1.54, 1.807) is 0 Å². The lowest BCUT2D eigenvalue weighted by Crippen LogP contribution is -2.38. The molecule has 1 atom stereocenters. The predicted octanol–water partition coefficient (Wildman–Crippen LogP) is 1.16. The third-order valence-corrected chi connectivity index (χ3v) is 5.40. The molecule has 0 bridgehead atoms. The van der Waals surface area contributed by atoms with Crippen molar-refractivity contribution in [1.82, 2.24) is 9.55 Å². The zero-order valence-corrected chi connectivity index (χ0v) is 12.7. The van der Waals surface area contributed by atoms with Crippen molar-refractivity contribution in [2.24, 2.45) is 11.7 Å². The number of H-pyrrole nitrogens is 1. The van der Waals surface area contributed by atoms with Gasteiger partial charge in [-0.2, -0.15) is 0 Å². The van der Waals surface area contributed by atoms with Crippen molar-refractivity contribution in [3.8, 4) is 0 Å². The summed E-state index contributed by atoms with van der Waals surface area (Å²) in [6.45, 7) is 2.04. The summed E-state index contributed by atoms with van der Waals surface area (Å²) in [7, 11) is 0. The highest BCUT2D eigenvalue weighted by Crippen LogP contribution is 2.33. The van der Waals surface area contributed by atoms with E-state index in [9.17, 15) is 9.59 Å². The van der Waals surface area contributed by atoms with E-state index >= 15 is 0 Å². The molecule has 106 valence electrons. The zero-order chi connectivity index (χ0) is 14.4. The number of aromatic amines is 1. The highest BCUT2D eigenvalue weighted by molar-refractivity contribution is 7.80. The van der Waals surface area contributed by atoms with Gasteiger partial charge in [0.2, 0.25) is 0 Å². The molecule has 1 unspecified atom stereocenters. The Kier molecular flexibility index (Phi) is 3.25.